The number of hydrogen-bond donors (Lipinski definition) is 2. The van der Waals surface area contributed by atoms with E-state index in [0.29, 0.717) is 17.2 Å². The molecule has 6 nitrogen and oxygen atoms in total. The number of carbonyl (C=O) groups is 3. The quantitative estimate of drug-likeness (QED) is 0.324. The van der Waals surface area contributed by atoms with Gasteiger partial charge in [-0.1, -0.05) is 42.0 Å². The molecular formula is C26H29N3O3S. The average Bonchev–Trinajstić information content (AvgIpc) is 3.25. The first-order valence-corrected chi connectivity index (χ1v) is 11.9. The van der Waals surface area contributed by atoms with Crippen LogP contribution in [-0.4, -0.2) is 29.1 Å². The number of ketones is 1. The van der Waals surface area contributed by atoms with Gasteiger partial charge in [0.25, 0.3) is 0 Å². The summed E-state index contributed by atoms with van der Waals surface area (Å²) in [7, 11) is 0. The summed E-state index contributed by atoms with van der Waals surface area (Å²) in [5.74, 6) is -0.253. The number of benzene rings is 2. The number of aromatic nitrogens is 1. The molecule has 3 aromatic rings. The smallest absolute Gasteiger partial charge is 0.226 e. The standard InChI is InChI=1S/C26H29N3O3S/c1-17-6-7-18(2)22(15-17)24(31)12-13-25(32)29-26-28-23(16-33-26)21-10-8-20(9-11-21)5-4-14-27-19(3)30/h6-11,15-16H,4-5,12-14H2,1-3H3,(H,27,30)(H,28,29,32). The molecule has 7 heteroatoms. The van der Waals surface area contributed by atoms with Crippen molar-refractivity contribution in [1.82, 2.24) is 10.3 Å². The molecule has 0 saturated carbocycles. The number of nitrogens with zero attached hydrogens (tertiary/aromatic N) is 1. The van der Waals surface area contributed by atoms with Crippen LogP contribution in [0.15, 0.2) is 47.8 Å². The van der Waals surface area contributed by atoms with Gasteiger partial charge in [-0.25, -0.2) is 4.98 Å². The van der Waals surface area contributed by atoms with Gasteiger partial charge in [-0.2, -0.15) is 0 Å². The van der Waals surface area contributed by atoms with E-state index in [1.54, 1.807) is 0 Å². The van der Waals surface area contributed by atoms with Crippen molar-refractivity contribution in [3.05, 3.63) is 70.1 Å². The topological polar surface area (TPSA) is 88.2 Å². The first kappa shape index (κ1) is 24.3. The molecule has 2 aromatic carbocycles. The summed E-state index contributed by atoms with van der Waals surface area (Å²) < 4.78 is 0. The number of thiazole rings is 1. The van der Waals surface area contributed by atoms with Gasteiger partial charge in [-0.05, 0) is 43.9 Å². The normalized spacial score (nSPS) is 10.6. The van der Waals surface area contributed by atoms with Crippen LogP contribution >= 0.6 is 11.3 Å². The zero-order valence-corrected chi connectivity index (χ0v) is 20.1. The van der Waals surface area contributed by atoms with Crippen LogP contribution < -0.4 is 10.6 Å². The van der Waals surface area contributed by atoms with Gasteiger partial charge in [0, 0.05) is 42.8 Å². The molecule has 2 amide bonds. The zero-order valence-electron chi connectivity index (χ0n) is 19.2. The lowest BCUT2D eigenvalue weighted by Gasteiger charge is -2.06. The molecule has 33 heavy (non-hydrogen) atoms. The highest BCUT2D eigenvalue weighted by Crippen LogP contribution is 2.25. The number of nitrogens with one attached hydrogen (secondary N) is 2. The number of rotatable bonds is 10. The molecule has 0 fully saturated rings. The Kier molecular flexibility index (Phi) is 8.49. The highest BCUT2D eigenvalue weighted by Gasteiger charge is 2.13. The van der Waals surface area contributed by atoms with Gasteiger partial charge >= 0.3 is 0 Å². The molecule has 172 valence electrons. The third-order valence-electron chi connectivity index (χ3n) is 5.29. The first-order valence-electron chi connectivity index (χ1n) is 11.0. The molecule has 0 atom stereocenters. The van der Waals surface area contributed by atoms with Crippen LogP contribution in [0.2, 0.25) is 0 Å². The summed E-state index contributed by atoms with van der Waals surface area (Å²) in [6.45, 7) is 6.04. The number of anilines is 1. The molecule has 0 unspecified atom stereocenters. The third-order valence-corrected chi connectivity index (χ3v) is 6.05. The van der Waals surface area contributed by atoms with Gasteiger partial charge in [-0.15, -0.1) is 11.3 Å². The summed E-state index contributed by atoms with van der Waals surface area (Å²) in [6.07, 6.45) is 2.06. The Morgan fingerprint density at radius 3 is 2.48 bits per heavy atom. The molecule has 0 spiro atoms. The van der Waals surface area contributed by atoms with Crippen molar-refractivity contribution < 1.29 is 14.4 Å². The zero-order chi connectivity index (χ0) is 23.8. The van der Waals surface area contributed by atoms with Gasteiger partial charge in [0.15, 0.2) is 10.9 Å². The van der Waals surface area contributed by atoms with Crippen molar-refractivity contribution >= 4 is 34.1 Å². The Morgan fingerprint density at radius 2 is 1.76 bits per heavy atom. The van der Waals surface area contributed by atoms with Crippen molar-refractivity contribution in [1.29, 1.82) is 0 Å². The SMILES string of the molecule is CC(=O)NCCCc1ccc(-c2csc(NC(=O)CCC(=O)c3cc(C)ccc3C)n2)cc1. The van der Waals surface area contributed by atoms with E-state index < -0.39 is 0 Å². The van der Waals surface area contributed by atoms with Gasteiger partial charge in [0.1, 0.15) is 0 Å². The van der Waals surface area contributed by atoms with E-state index in [-0.39, 0.29) is 30.4 Å². The van der Waals surface area contributed by atoms with E-state index in [4.69, 9.17) is 0 Å². The fourth-order valence-electron chi connectivity index (χ4n) is 3.44. The van der Waals surface area contributed by atoms with E-state index in [2.05, 4.69) is 27.8 Å². The van der Waals surface area contributed by atoms with Gasteiger partial charge < -0.3 is 10.6 Å². The van der Waals surface area contributed by atoms with Crippen LogP contribution in [0.1, 0.15) is 53.2 Å². The van der Waals surface area contributed by atoms with Crippen LogP contribution in [0, 0.1) is 13.8 Å². The molecule has 1 aromatic heterocycles. The molecule has 0 aliphatic rings. The Balaban J connectivity index is 1.49. The fraction of sp³-hybridized carbons (Fsp3) is 0.308. The van der Waals surface area contributed by atoms with Crippen LogP contribution in [-0.2, 0) is 16.0 Å². The van der Waals surface area contributed by atoms with Crippen molar-refractivity contribution in [3.8, 4) is 11.3 Å². The second-order valence-corrected chi connectivity index (χ2v) is 8.97. The molecule has 0 radical (unpaired) electrons. The van der Waals surface area contributed by atoms with Gasteiger partial charge in [0.2, 0.25) is 11.8 Å². The Morgan fingerprint density at radius 1 is 1.00 bits per heavy atom. The molecule has 0 aliphatic carbocycles. The number of Topliss-reactive ketones (excluding diaryl/α,β-unsaturated/α-hetero) is 1. The fourth-order valence-corrected chi connectivity index (χ4v) is 4.18. The number of amides is 2. The van der Waals surface area contributed by atoms with Crippen LogP contribution in [0.3, 0.4) is 0 Å². The lowest BCUT2D eigenvalue weighted by atomic mass is 9.99. The van der Waals surface area contributed by atoms with E-state index >= 15 is 0 Å². The predicted octanol–water partition coefficient (Wildman–Crippen LogP) is 5.10. The monoisotopic (exact) mass is 463 g/mol. The van der Waals surface area contributed by atoms with Crippen molar-refractivity contribution in [3.63, 3.8) is 0 Å². The predicted molar refractivity (Wildman–Crippen MR) is 133 cm³/mol. The summed E-state index contributed by atoms with van der Waals surface area (Å²) >= 11 is 1.36. The second kappa shape index (κ2) is 11.5. The molecular weight excluding hydrogens is 434 g/mol. The number of carbonyl (C=O) groups excluding carboxylic acids is 3. The van der Waals surface area contributed by atoms with Crippen LogP contribution in [0.4, 0.5) is 5.13 Å². The minimum Gasteiger partial charge on any atom is -0.356 e. The Labute approximate surface area is 198 Å². The lowest BCUT2D eigenvalue weighted by molar-refractivity contribution is -0.119. The third kappa shape index (κ3) is 7.36. The molecule has 0 bridgehead atoms. The Hall–Kier alpha value is -3.32. The summed E-state index contributed by atoms with van der Waals surface area (Å²) in [5, 5.41) is 8.03. The van der Waals surface area contributed by atoms with E-state index in [0.717, 1.165) is 35.2 Å². The molecule has 0 saturated heterocycles. The summed E-state index contributed by atoms with van der Waals surface area (Å²) in [4.78, 5) is 40.3. The maximum Gasteiger partial charge on any atom is 0.226 e. The van der Waals surface area contributed by atoms with Gasteiger partial charge in [0.05, 0.1) is 5.69 Å². The maximum absolute atomic E-state index is 12.5. The summed E-state index contributed by atoms with van der Waals surface area (Å²) in [5.41, 5.74) is 5.60. The van der Waals surface area contributed by atoms with Crippen molar-refractivity contribution in [2.75, 3.05) is 11.9 Å². The van der Waals surface area contributed by atoms with Crippen molar-refractivity contribution in [2.24, 2.45) is 0 Å². The minimum atomic E-state index is -0.218. The highest BCUT2D eigenvalue weighted by atomic mass is 32.1. The number of aryl methyl sites for hydroxylation is 3. The average molecular weight is 464 g/mol. The molecule has 0 aliphatic heterocycles. The highest BCUT2D eigenvalue weighted by molar-refractivity contribution is 7.14. The van der Waals surface area contributed by atoms with E-state index in [1.165, 1.54) is 23.8 Å². The lowest BCUT2D eigenvalue weighted by Crippen LogP contribution is -2.21. The van der Waals surface area contributed by atoms with Crippen LogP contribution in [0.5, 0.6) is 0 Å². The van der Waals surface area contributed by atoms with E-state index in [9.17, 15) is 14.4 Å². The van der Waals surface area contributed by atoms with Gasteiger partial charge in [-0.3, -0.25) is 14.4 Å². The largest absolute Gasteiger partial charge is 0.356 e. The summed E-state index contributed by atoms with van der Waals surface area (Å²) in [6, 6.07) is 13.9. The van der Waals surface area contributed by atoms with Crippen molar-refractivity contribution in [2.45, 2.75) is 46.5 Å². The van der Waals surface area contributed by atoms with Crippen LogP contribution in [0.25, 0.3) is 11.3 Å². The molecule has 2 N–H and O–H groups in total. The Bertz CT molecular complexity index is 1140. The molecule has 3 rings (SSSR count). The minimum absolute atomic E-state index is 0.00949. The maximum atomic E-state index is 12.5. The first-order chi connectivity index (χ1) is 15.8. The number of hydrogen-bond acceptors (Lipinski definition) is 5. The molecule has 1 heterocycles. The van der Waals surface area contributed by atoms with E-state index in [1.807, 2.05) is 49.6 Å². The second-order valence-electron chi connectivity index (χ2n) is 8.11.